The molecule has 0 unspecified atom stereocenters. The highest BCUT2D eigenvalue weighted by atomic mass is 127. The lowest BCUT2D eigenvalue weighted by Gasteiger charge is -2.33. The number of nitrogens with zero attached hydrogens (tertiary/aromatic N) is 4. The van der Waals surface area contributed by atoms with Crippen LogP contribution in [0.15, 0.2) is 47.6 Å². The zero-order valence-electron chi connectivity index (χ0n) is 17.1. The molecular weight excluding hydrogens is 482 g/mol. The summed E-state index contributed by atoms with van der Waals surface area (Å²) in [6.45, 7) is 7.98. The van der Waals surface area contributed by atoms with Gasteiger partial charge in [0.1, 0.15) is 11.6 Å². The Morgan fingerprint density at radius 2 is 1.90 bits per heavy atom. The number of rotatable bonds is 6. The molecule has 158 valence electrons. The Bertz CT molecular complexity index is 775. The maximum atomic E-state index is 13.3. The molecule has 0 amide bonds. The molecular formula is C21H30FIN6. The van der Waals surface area contributed by atoms with Gasteiger partial charge in [-0.05, 0) is 43.3 Å². The standard InChI is InChI=1S/C21H29FN6.HI/c1-3-23-21(25-14-17-5-4-6-19(22)13-17)26-16-18-7-8-20(24-15-18)28-11-9-27(2)10-12-28;/h4-8,13,15H,3,9-12,14,16H2,1-2H3,(H2,23,25,26);1H. The molecule has 1 saturated heterocycles. The molecule has 0 radical (unpaired) electrons. The van der Waals surface area contributed by atoms with E-state index in [0.717, 1.165) is 49.7 Å². The highest BCUT2D eigenvalue weighted by molar-refractivity contribution is 14.0. The molecule has 0 spiro atoms. The third-order valence-electron chi connectivity index (χ3n) is 4.75. The largest absolute Gasteiger partial charge is 0.357 e. The van der Waals surface area contributed by atoms with Crippen LogP contribution >= 0.6 is 24.0 Å². The molecule has 6 nitrogen and oxygen atoms in total. The number of nitrogens with one attached hydrogen (secondary N) is 2. The first-order valence-electron chi connectivity index (χ1n) is 9.79. The number of guanidine groups is 1. The van der Waals surface area contributed by atoms with Gasteiger partial charge in [0, 0.05) is 45.5 Å². The molecule has 1 aliphatic rings. The highest BCUT2D eigenvalue weighted by Gasteiger charge is 2.14. The fraction of sp³-hybridized carbons (Fsp3) is 0.429. The molecule has 0 aliphatic carbocycles. The Balaban J connectivity index is 0.00000300. The smallest absolute Gasteiger partial charge is 0.191 e. The van der Waals surface area contributed by atoms with Gasteiger partial charge in [0.25, 0.3) is 0 Å². The topological polar surface area (TPSA) is 55.8 Å². The lowest BCUT2D eigenvalue weighted by Crippen LogP contribution is -2.44. The van der Waals surface area contributed by atoms with Gasteiger partial charge in [-0.15, -0.1) is 24.0 Å². The van der Waals surface area contributed by atoms with Gasteiger partial charge in [-0.1, -0.05) is 18.2 Å². The van der Waals surface area contributed by atoms with E-state index in [1.807, 2.05) is 19.2 Å². The van der Waals surface area contributed by atoms with Crippen LogP contribution in [0.2, 0.25) is 0 Å². The van der Waals surface area contributed by atoms with Gasteiger partial charge < -0.3 is 20.4 Å². The number of aromatic nitrogens is 1. The first-order chi connectivity index (χ1) is 13.6. The molecule has 1 aromatic carbocycles. The Morgan fingerprint density at radius 1 is 1.10 bits per heavy atom. The molecule has 0 saturated carbocycles. The van der Waals surface area contributed by atoms with Gasteiger partial charge in [-0.3, -0.25) is 0 Å². The van der Waals surface area contributed by atoms with Gasteiger partial charge in [-0.25, -0.2) is 14.4 Å². The van der Waals surface area contributed by atoms with Crippen molar-refractivity contribution in [1.29, 1.82) is 0 Å². The van der Waals surface area contributed by atoms with E-state index < -0.39 is 0 Å². The van der Waals surface area contributed by atoms with Crippen LogP contribution in [-0.2, 0) is 13.1 Å². The second kappa shape index (κ2) is 11.9. The highest BCUT2D eigenvalue weighted by Crippen LogP contribution is 2.14. The number of aliphatic imine (C=N–C) groups is 1. The minimum Gasteiger partial charge on any atom is -0.357 e. The molecule has 1 fully saturated rings. The zero-order chi connectivity index (χ0) is 19.8. The fourth-order valence-corrected chi connectivity index (χ4v) is 3.08. The summed E-state index contributed by atoms with van der Waals surface area (Å²) < 4.78 is 13.3. The van der Waals surface area contributed by atoms with Crippen LogP contribution in [0, 0.1) is 5.82 Å². The summed E-state index contributed by atoms with van der Waals surface area (Å²) in [5.41, 5.74) is 1.93. The Labute approximate surface area is 189 Å². The summed E-state index contributed by atoms with van der Waals surface area (Å²) in [7, 11) is 2.15. The van der Waals surface area contributed by atoms with Crippen molar-refractivity contribution in [2.45, 2.75) is 20.0 Å². The van der Waals surface area contributed by atoms with Crippen molar-refractivity contribution in [1.82, 2.24) is 20.5 Å². The SMILES string of the molecule is CCNC(=NCc1ccc(N2CCN(C)CC2)nc1)NCc1cccc(F)c1.I. The van der Waals surface area contributed by atoms with Gasteiger partial charge in [0.05, 0.1) is 6.54 Å². The average molecular weight is 512 g/mol. The van der Waals surface area contributed by atoms with Crippen LogP contribution in [0.25, 0.3) is 0 Å². The number of anilines is 1. The number of piperazine rings is 1. The van der Waals surface area contributed by atoms with Crippen molar-refractivity contribution in [3.63, 3.8) is 0 Å². The molecule has 1 aromatic heterocycles. The summed E-state index contributed by atoms with van der Waals surface area (Å²) in [6, 6.07) is 10.7. The monoisotopic (exact) mass is 512 g/mol. The average Bonchev–Trinajstić information content (AvgIpc) is 2.71. The maximum Gasteiger partial charge on any atom is 0.191 e. The summed E-state index contributed by atoms with van der Waals surface area (Å²) in [5.74, 6) is 1.50. The van der Waals surface area contributed by atoms with Crippen LogP contribution in [0.4, 0.5) is 10.2 Å². The quantitative estimate of drug-likeness (QED) is 0.354. The summed E-state index contributed by atoms with van der Waals surface area (Å²) in [6.07, 6.45) is 1.90. The molecule has 2 heterocycles. The van der Waals surface area contributed by atoms with Crippen molar-refractivity contribution >= 4 is 35.8 Å². The molecule has 8 heteroatoms. The molecule has 0 bridgehead atoms. The van der Waals surface area contributed by atoms with Gasteiger partial charge >= 0.3 is 0 Å². The number of hydrogen-bond acceptors (Lipinski definition) is 4. The normalized spacial score (nSPS) is 15.0. The van der Waals surface area contributed by atoms with Gasteiger partial charge in [-0.2, -0.15) is 0 Å². The second-order valence-electron chi connectivity index (χ2n) is 6.99. The third kappa shape index (κ3) is 7.43. The predicted molar refractivity (Wildman–Crippen MR) is 127 cm³/mol. The van der Waals surface area contributed by atoms with Crippen LogP contribution in [0.1, 0.15) is 18.1 Å². The van der Waals surface area contributed by atoms with E-state index in [1.165, 1.54) is 12.1 Å². The van der Waals surface area contributed by atoms with E-state index in [1.54, 1.807) is 6.07 Å². The summed E-state index contributed by atoms with van der Waals surface area (Å²) >= 11 is 0. The Morgan fingerprint density at radius 3 is 2.55 bits per heavy atom. The van der Waals surface area contributed by atoms with E-state index in [4.69, 9.17) is 0 Å². The molecule has 1 aliphatic heterocycles. The van der Waals surface area contributed by atoms with E-state index >= 15 is 0 Å². The van der Waals surface area contributed by atoms with Crippen LogP contribution in [-0.4, -0.2) is 55.6 Å². The minimum absolute atomic E-state index is 0. The van der Waals surface area contributed by atoms with E-state index in [2.05, 4.69) is 49.6 Å². The number of benzene rings is 1. The van der Waals surface area contributed by atoms with E-state index in [9.17, 15) is 4.39 Å². The van der Waals surface area contributed by atoms with Crippen molar-refractivity contribution in [3.8, 4) is 0 Å². The predicted octanol–water partition coefficient (Wildman–Crippen LogP) is 2.85. The Hall–Kier alpha value is -1.94. The van der Waals surface area contributed by atoms with Crippen molar-refractivity contribution in [3.05, 3.63) is 59.5 Å². The lowest BCUT2D eigenvalue weighted by molar-refractivity contribution is 0.312. The Kier molecular flexibility index (Phi) is 9.59. The lowest BCUT2D eigenvalue weighted by atomic mass is 10.2. The summed E-state index contributed by atoms with van der Waals surface area (Å²) in [4.78, 5) is 13.9. The molecule has 3 rings (SSSR count). The van der Waals surface area contributed by atoms with Crippen molar-refractivity contribution in [2.75, 3.05) is 44.7 Å². The summed E-state index contributed by atoms with van der Waals surface area (Å²) in [5, 5.41) is 6.46. The van der Waals surface area contributed by atoms with Gasteiger partial charge in [0.2, 0.25) is 0 Å². The molecule has 29 heavy (non-hydrogen) atoms. The zero-order valence-corrected chi connectivity index (χ0v) is 19.4. The number of likely N-dealkylation sites (N-methyl/N-ethyl adjacent to an activating group) is 1. The van der Waals surface area contributed by atoms with E-state index in [0.29, 0.717) is 19.0 Å². The molecule has 0 atom stereocenters. The number of hydrogen-bond donors (Lipinski definition) is 2. The van der Waals surface area contributed by atoms with Crippen LogP contribution in [0.3, 0.4) is 0 Å². The first kappa shape index (κ1) is 23.3. The van der Waals surface area contributed by atoms with Gasteiger partial charge in [0.15, 0.2) is 5.96 Å². The molecule has 2 N–H and O–H groups in total. The minimum atomic E-state index is -0.229. The van der Waals surface area contributed by atoms with Crippen LogP contribution < -0.4 is 15.5 Å². The van der Waals surface area contributed by atoms with E-state index in [-0.39, 0.29) is 29.8 Å². The van der Waals surface area contributed by atoms with Crippen molar-refractivity contribution in [2.24, 2.45) is 4.99 Å². The molecule has 2 aromatic rings. The third-order valence-corrected chi connectivity index (χ3v) is 4.75. The fourth-order valence-electron chi connectivity index (χ4n) is 3.08. The first-order valence-corrected chi connectivity index (χ1v) is 9.79. The maximum absolute atomic E-state index is 13.3. The number of halogens is 2. The van der Waals surface area contributed by atoms with Crippen molar-refractivity contribution < 1.29 is 4.39 Å². The van der Waals surface area contributed by atoms with Crippen LogP contribution in [0.5, 0.6) is 0 Å². The second-order valence-corrected chi connectivity index (χ2v) is 6.99. The number of pyridine rings is 1.